The van der Waals surface area contributed by atoms with Gasteiger partial charge in [0.25, 0.3) is 0 Å². The molecule has 0 radical (unpaired) electrons. The fourth-order valence-electron chi connectivity index (χ4n) is 7.57. The second-order valence-electron chi connectivity index (χ2n) is 10.7. The number of hydrogen-bond donors (Lipinski definition) is 4. The Morgan fingerprint density at radius 3 is 2.36 bits per heavy atom. The van der Waals surface area contributed by atoms with Crippen LogP contribution in [-0.4, -0.2) is 55.9 Å². The summed E-state index contributed by atoms with van der Waals surface area (Å²) >= 11 is 0. The number of aliphatic hydroxyl groups is 4. The van der Waals surface area contributed by atoms with Gasteiger partial charge in [0.2, 0.25) is 0 Å². The van der Waals surface area contributed by atoms with Crippen LogP contribution in [0.5, 0.6) is 0 Å². The third kappa shape index (κ3) is 2.26. The summed E-state index contributed by atoms with van der Waals surface area (Å²) in [5, 5.41) is 44.9. The van der Waals surface area contributed by atoms with Crippen molar-refractivity contribution >= 4 is 5.97 Å². The Labute approximate surface area is 166 Å². The predicted octanol–water partition coefficient (Wildman–Crippen LogP) is 1.54. The van der Waals surface area contributed by atoms with E-state index in [-0.39, 0.29) is 18.3 Å². The second-order valence-corrected chi connectivity index (χ2v) is 10.7. The molecule has 0 aromatic rings. The number of rotatable bonds is 1. The molecule has 4 N–H and O–H groups in total. The van der Waals surface area contributed by atoms with E-state index in [1.54, 1.807) is 20.8 Å². The molecule has 4 saturated carbocycles. The highest BCUT2D eigenvalue weighted by molar-refractivity contribution is 5.66. The lowest BCUT2D eigenvalue weighted by molar-refractivity contribution is -0.181. The first-order chi connectivity index (χ1) is 12.8. The van der Waals surface area contributed by atoms with Crippen LogP contribution in [0.2, 0.25) is 0 Å². The van der Waals surface area contributed by atoms with E-state index in [0.29, 0.717) is 19.3 Å². The van der Waals surface area contributed by atoms with Crippen LogP contribution < -0.4 is 0 Å². The quantitative estimate of drug-likeness (QED) is 0.397. The van der Waals surface area contributed by atoms with Crippen molar-refractivity contribution in [1.29, 1.82) is 0 Å². The van der Waals surface area contributed by atoms with E-state index in [1.165, 1.54) is 6.92 Å². The van der Waals surface area contributed by atoms with Gasteiger partial charge in [0, 0.05) is 29.6 Å². The van der Waals surface area contributed by atoms with Gasteiger partial charge in [-0.25, -0.2) is 0 Å². The lowest BCUT2D eigenvalue weighted by Crippen LogP contribution is -2.57. The minimum absolute atomic E-state index is 0.0863. The summed E-state index contributed by atoms with van der Waals surface area (Å²) in [5.74, 6) is -1.11. The molecule has 0 amide bonds. The zero-order valence-corrected chi connectivity index (χ0v) is 17.3. The molecule has 4 fully saturated rings. The topological polar surface area (TPSA) is 107 Å². The summed E-state index contributed by atoms with van der Waals surface area (Å²) in [5.41, 5.74) is -3.26. The molecule has 4 aliphatic carbocycles. The Hall–Kier alpha value is -0.950. The number of esters is 1. The van der Waals surface area contributed by atoms with Crippen LogP contribution in [0.25, 0.3) is 0 Å². The summed E-state index contributed by atoms with van der Waals surface area (Å²) in [6.07, 6.45) is 0.0633. The van der Waals surface area contributed by atoms with Gasteiger partial charge in [-0.1, -0.05) is 26.0 Å². The van der Waals surface area contributed by atoms with E-state index in [0.717, 1.165) is 12.0 Å². The van der Waals surface area contributed by atoms with Crippen LogP contribution in [0.3, 0.4) is 0 Å². The molecule has 2 bridgehead atoms. The Balaban J connectivity index is 1.86. The monoisotopic (exact) mass is 394 g/mol. The summed E-state index contributed by atoms with van der Waals surface area (Å²) in [7, 11) is 0. The van der Waals surface area contributed by atoms with Crippen LogP contribution in [0.1, 0.15) is 59.8 Å². The van der Waals surface area contributed by atoms with Gasteiger partial charge in [-0.2, -0.15) is 0 Å². The molecular weight excluding hydrogens is 360 g/mol. The average molecular weight is 395 g/mol. The number of hydrogen-bond acceptors (Lipinski definition) is 6. The van der Waals surface area contributed by atoms with Crippen LogP contribution in [0.4, 0.5) is 0 Å². The van der Waals surface area contributed by atoms with E-state index in [9.17, 15) is 25.2 Å². The van der Waals surface area contributed by atoms with Crippen molar-refractivity contribution in [3.63, 3.8) is 0 Å². The van der Waals surface area contributed by atoms with Gasteiger partial charge >= 0.3 is 5.97 Å². The number of carbonyl (C=O) groups excluding carboxylic acids is 1. The van der Waals surface area contributed by atoms with Gasteiger partial charge in [0.1, 0.15) is 11.7 Å². The number of carbonyl (C=O) groups is 1. The molecular formula is C22H34O6. The second kappa shape index (κ2) is 5.81. The first-order valence-corrected chi connectivity index (χ1v) is 10.5. The van der Waals surface area contributed by atoms with Crippen LogP contribution >= 0.6 is 0 Å². The van der Waals surface area contributed by atoms with Crippen molar-refractivity contribution in [2.24, 2.45) is 28.6 Å². The minimum atomic E-state index is -1.51. The van der Waals surface area contributed by atoms with E-state index in [1.807, 2.05) is 0 Å². The molecule has 28 heavy (non-hydrogen) atoms. The van der Waals surface area contributed by atoms with Crippen LogP contribution in [0.15, 0.2) is 12.2 Å². The Bertz CT molecular complexity index is 714. The highest BCUT2D eigenvalue weighted by Gasteiger charge is 2.73. The molecule has 9 atom stereocenters. The van der Waals surface area contributed by atoms with Gasteiger partial charge in [0.15, 0.2) is 0 Å². The normalized spacial score (nSPS) is 54.6. The first kappa shape index (κ1) is 20.3. The lowest BCUT2D eigenvalue weighted by atomic mass is 9.61. The van der Waals surface area contributed by atoms with Crippen molar-refractivity contribution in [2.45, 2.75) is 89.3 Å². The fraction of sp³-hybridized carbons (Fsp3) is 0.864. The van der Waals surface area contributed by atoms with Gasteiger partial charge in [-0.05, 0) is 44.9 Å². The molecule has 0 saturated heterocycles. The number of ether oxygens (including phenoxy) is 1. The highest BCUT2D eigenvalue weighted by atomic mass is 16.5. The Morgan fingerprint density at radius 1 is 1.11 bits per heavy atom. The lowest BCUT2D eigenvalue weighted by Gasteiger charge is -2.47. The zero-order chi connectivity index (χ0) is 20.9. The van der Waals surface area contributed by atoms with E-state index in [4.69, 9.17) is 4.74 Å². The third-order valence-corrected chi connectivity index (χ3v) is 9.00. The summed E-state index contributed by atoms with van der Waals surface area (Å²) in [6.45, 7) is 11.1. The fourth-order valence-corrected chi connectivity index (χ4v) is 7.57. The van der Waals surface area contributed by atoms with E-state index >= 15 is 0 Å². The van der Waals surface area contributed by atoms with E-state index < -0.39 is 52.2 Å². The molecule has 6 nitrogen and oxygen atoms in total. The van der Waals surface area contributed by atoms with Crippen LogP contribution in [-0.2, 0) is 9.53 Å². The third-order valence-electron chi connectivity index (χ3n) is 9.00. The molecule has 1 spiro atoms. The molecule has 0 aliphatic heterocycles. The predicted molar refractivity (Wildman–Crippen MR) is 102 cm³/mol. The van der Waals surface area contributed by atoms with Crippen molar-refractivity contribution in [3.05, 3.63) is 12.2 Å². The largest absolute Gasteiger partial charge is 0.462 e. The van der Waals surface area contributed by atoms with Gasteiger partial charge in [0.05, 0.1) is 17.8 Å². The minimum Gasteiger partial charge on any atom is -0.462 e. The Kier molecular flexibility index (Phi) is 4.22. The molecule has 4 aliphatic rings. The Morgan fingerprint density at radius 2 is 1.75 bits per heavy atom. The maximum Gasteiger partial charge on any atom is 0.302 e. The number of aliphatic hydroxyl groups excluding tert-OH is 2. The summed E-state index contributed by atoms with van der Waals surface area (Å²) in [6, 6.07) is 0. The SMILES string of the molecule is C=C1C2C[C@H](O)C(C)(C)[C@@]2(O)[C@H](O)C[C@]23C[C@@](C)(O)[C@H](CC[C@H]12)[C@@H]3OC(C)=O. The van der Waals surface area contributed by atoms with Gasteiger partial charge in [-0.15, -0.1) is 0 Å². The molecule has 0 heterocycles. The molecule has 158 valence electrons. The van der Waals surface area contributed by atoms with Crippen molar-refractivity contribution in [3.8, 4) is 0 Å². The summed E-state index contributed by atoms with van der Waals surface area (Å²) in [4.78, 5) is 11.9. The maximum absolute atomic E-state index is 11.9. The van der Waals surface area contributed by atoms with E-state index in [2.05, 4.69) is 6.58 Å². The maximum atomic E-state index is 11.9. The zero-order valence-electron chi connectivity index (χ0n) is 17.3. The summed E-state index contributed by atoms with van der Waals surface area (Å²) < 4.78 is 5.77. The number of fused-ring (bicyclic) bond motifs is 2. The molecule has 0 aromatic heterocycles. The van der Waals surface area contributed by atoms with Crippen molar-refractivity contribution < 1.29 is 30.0 Å². The molecule has 4 rings (SSSR count). The van der Waals surface area contributed by atoms with Crippen LogP contribution in [0, 0.1) is 28.6 Å². The van der Waals surface area contributed by atoms with Crippen molar-refractivity contribution in [2.75, 3.05) is 0 Å². The smallest absolute Gasteiger partial charge is 0.302 e. The van der Waals surface area contributed by atoms with Gasteiger partial charge in [-0.3, -0.25) is 4.79 Å². The van der Waals surface area contributed by atoms with Crippen molar-refractivity contribution in [1.82, 2.24) is 0 Å². The van der Waals surface area contributed by atoms with Gasteiger partial charge < -0.3 is 25.2 Å². The average Bonchev–Trinajstić information content (AvgIpc) is 2.79. The first-order valence-electron chi connectivity index (χ1n) is 10.5. The molecule has 1 unspecified atom stereocenters. The molecule has 6 heteroatoms. The molecule has 0 aromatic carbocycles. The standard InChI is InChI=1S/C22H34O6/c1-11-13-6-7-14-18(28-12(2)23)21(13,10-20(14,5)26)9-17(25)22(27)15(11)8-16(24)19(22,3)4/h13-18,24-27H,1,6-10H2,2-5H3/t13-,14-,15?,16+,17-,18+,20-,21+,22+/m1/s1. The highest BCUT2D eigenvalue weighted by Crippen LogP contribution is 2.69.